The van der Waals surface area contributed by atoms with Crippen LogP contribution in [-0.4, -0.2) is 3.21 Å². The van der Waals surface area contributed by atoms with Crippen molar-refractivity contribution in [3.8, 4) is 0 Å². The molecular formula is C22H33Cl2Zr-. The Balaban J connectivity index is 0.000000547. The fourth-order valence-corrected chi connectivity index (χ4v) is 4.73. The van der Waals surface area contributed by atoms with Crippen molar-refractivity contribution in [2.75, 3.05) is 0 Å². The molecule has 0 spiro atoms. The monoisotopic (exact) mass is 457 g/mol. The zero-order valence-electron chi connectivity index (χ0n) is 16.0. The van der Waals surface area contributed by atoms with Crippen molar-refractivity contribution in [3.63, 3.8) is 0 Å². The first-order valence-electron chi connectivity index (χ1n) is 9.47. The van der Waals surface area contributed by atoms with E-state index >= 15 is 0 Å². The van der Waals surface area contributed by atoms with Gasteiger partial charge in [-0.2, -0.15) is 11.1 Å². The van der Waals surface area contributed by atoms with Crippen LogP contribution in [-0.2, 0) is 24.2 Å². The van der Waals surface area contributed by atoms with Crippen molar-refractivity contribution >= 4 is 28.0 Å². The van der Waals surface area contributed by atoms with Crippen molar-refractivity contribution in [2.45, 2.75) is 78.6 Å². The summed E-state index contributed by atoms with van der Waals surface area (Å²) in [5.41, 5.74) is 6.21. The van der Waals surface area contributed by atoms with E-state index in [-0.39, 0.29) is 24.8 Å². The SMILES string of the molecule is CCC1=[C-]C(C2=CC=CC2)C(CC)=C1CC.Cl.Cl.[Zr]=[C]1CCCCC1. The second kappa shape index (κ2) is 13.5. The molecule has 1 fully saturated rings. The minimum absolute atomic E-state index is 0. The maximum absolute atomic E-state index is 3.72. The van der Waals surface area contributed by atoms with Crippen LogP contribution in [0.5, 0.6) is 0 Å². The molecule has 25 heavy (non-hydrogen) atoms. The second-order valence-corrected chi connectivity index (χ2v) is 8.40. The van der Waals surface area contributed by atoms with Crippen LogP contribution in [0.2, 0.25) is 0 Å². The van der Waals surface area contributed by atoms with Gasteiger partial charge < -0.3 is 0 Å². The van der Waals surface area contributed by atoms with Crippen molar-refractivity contribution in [3.05, 3.63) is 46.6 Å². The number of allylic oxidation sites excluding steroid dienone is 8. The Morgan fingerprint density at radius 1 is 1.00 bits per heavy atom. The Bertz CT molecular complexity index is 544. The summed E-state index contributed by atoms with van der Waals surface area (Å²) in [6, 6.07) is 0. The van der Waals surface area contributed by atoms with Gasteiger partial charge in [0.15, 0.2) is 0 Å². The van der Waals surface area contributed by atoms with Crippen LogP contribution in [0, 0.1) is 12.0 Å². The van der Waals surface area contributed by atoms with Crippen LogP contribution in [0.15, 0.2) is 40.5 Å². The van der Waals surface area contributed by atoms with E-state index in [1.54, 1.807) is 38.6 Å². The molecule has 3 rings (SSSR count). The third-order valence-electron chi connectivity index (χ3n) is 5.13. The van der Waals surface area contributed by atoms with Gasteiger partial charge in [0.05, 0.1) is 0 Å². The Kier molecular flexibility index (Phi) is 13.6. The predicted molar refractivity (Wildman–Crippen MR) is 113 cm³/mol. The van der Waals surface area contributed by atoms with E-state index in [1.807, 2.05) is 0 Å². The molecule has 0 N–H and O–H groups in total. The topological polar surface area (TPSA) is 0 Å². The zero-order chi connectivity index (χ0) is 16.7. The molecule has 0 heterocycles. The first-order chi connectivity index (χ1) is 11.2. The van der Waals surface area contributed by atoms with Gasteiger partial charge in [0.1, 0.15) is 0 Å². The molecule has 1 atom stereocenters. The average molecular weight is 460 g/mol. The van der Waals surface area contributed by atoms with Crippen LogP contribution in [0.25, 0.3) is 0 Å². The summed E-state index contributed by atoms with van der Waals surface area (Å²) < 4.78 is 1.80. The maximum atomic E-state index is 3.72. The number of hydrogen-bond acceptors (Lipinski definition) is 0. The average Bonchev–Trinajstić information content (AvgIpc) is 3.22. The molecule has 0 aliphatic heterocycles. The fourth-order valence-electron chi connectivity index (χ4n) is 3.86. The molecule has 3 heteroatoms. The molecule has 0 saturated heterocycles. The molecular weight excluding hydrogens is 426 g/mol. The van der Waals surface area contributed by atoms with Crippen molar-refractivity contribution in [2.24, 2.45) is 5.92 Å². The van der Waals surface area contributed by atoms with Gasteiger partial charge in [-0.3, -0.25) is 6.08 Å². The molecule has 1 unspecified atom stereocenters. The van der Waals surface area contributed by atoms with E-state index < -0.39 is 0 Å². The molecule has 0 bridgehead atoms. The van der Waals surface area contributed by atoms with Gasteiger partial charge in [-0.05, 0) is 6.42 Å². The first-order valence-corrected chi connectivity index (χ1v) is 10.7. The fraction of sp³-hybridized carbons (Fsp3) is 0.591. The summed E-state index contributed by atoms with van der Waals surface area (Å²) in [6.45, 7) is 6.79. The number of rotatable bonds is 4. The summed E-state index contributed by atoms with van der Waals surface area (Å²) in [5, 5.41) is 0. The first kappa shape index (κ1) is 25.3. The van der Waals surface area contributed by atoms with E-state index in [0.717, 1.165) is 19.3 Å². The van der Waals surface area contributed by atoms with E-state index in [9.17, 15) is 0 Å². The number of halogens is 2. The van der Waals surface area contributed by atoms with Gasteiger partial charge in [-0.15, -0.1) is 24.8 Å². The predicted octanol–water partition coefficient (Wildman–Crippen LogP) is 7.27. The summed E-state index contributed by atoms with van der Waals surface area (Å²) in [6.07, 6.45) is 22.3. The van der Waals surface area contributed by atoms with Crippen molar-refractivity contribution in [1.82, 2.24) is 0 Å². The standard InChI is InChI=1S/C16H21.C6H10.2ClH.Zr/c1-4-12-11-16(13-9-7-8-10-13)15(6-3)14(12)5-2;1-2-4-6-5-3-1;;;/h7-9,16H,4-6,10H2,1-3H3;1-5H2;2*1H;/q-1;;;;. The molecule has 140 valence electrons. The summed E-state index contributed by atoms with van der Waals surface area (Å²) in [4.78, 5) is 0. The van der Waals surface area contributed by atoms with Gasteiger partial charge in [-0.25, -0.2) is 5.57 Å². The van der Waals surface area contributed by atoms with Crippen LogP contribution in [0.4, 0.5) is 0 Å². The van der Waals surface area contributed by atoms with Crippen LogP contribution in [0.1, 0.15) is 78.6 Å². The van der Waals surface area contributed by atoms with Gasteiger partial charge in [-0.1, -0.05) is 69.8 Å². The molecule has 0 amide bonds. The minimum atomic E-state index is 0. The molecule has 0 aromatic rings. The number of hydrogen-bond donors (Lipinski definition) is 0. The third-order valence-corrected chi connectivity index (χ3v) is 6.36. The summed E-state index contributed by atoms with van der Waals surface area (Å²) in [7, 11) is 0. The van der Waals surface area contributed by atoms with E-state index in [2.05, 4.69) is 45.1 Å². The second-order valence-electron chi connectivity index (χ2n) is 6.66. The molecule has 1 saturated carbocycles. The Hall–Kier alpha value is 0.293. The van der Waals surface area contributed by atoms with Gasteiger partial charge in [0.2, 0.25) is 0 Å². The quantitative estimate of drug-likeness (QED) is 0.388. The Morgan fingerprint density at radius 2 is 1.68 bits per heavy atom. The molecule has 0 aromatic carbocycles. The Labute approximate surface area is 182 Å². The van der Waals surface area contributed by atoms with Gasteiger partial charge >= 0.3 is 59.5 Å². The third kappa shape index (κ3) is 7.08. The Morgan fingerprint density at radius 3 is 2.08 bits per heavy atom. The van der Waals surface area contributed by atoms with Crippen molar-refractivity contribution in [1.29, 1.82) is 0 Å². The molecule has 0 nitrogen and oxygen atoms in total. The van der Waals surface area contributed by atoms with E-state index in [1.165, 1.54) is 49.7 Å². The van der Waals surface area contributed by atoms with Crippen molar-refractivity contribution < 1.29 is 24.2 Å². The summed E-state index contributed by atoms with van der Waals surface area (Å²) in [5.74, 6) is 0.491. The van der Waals surface area contributed by atoms with Gasteiger partial charge in [0, 0.05) is 0 Å². The van der Waals surface area contributed by atoms with E-state index in [0.29, 0.717) is 5.92 Å². The molecule has 0 radical (unpaired) electrons. The molecule has 0 aromatic heterocycles. The normalized spacial score (nSPS) is 21.7. The van der Waals surface area contributed by atoms with Crippen LogP contribution >= 0.6 is 24.8 Å². The molecule has 3 aliphatic rings. The zero-order valence-corrected chi connectivity index (χ0v) is 20.1. The van der Waals surface area contributed by atoms with Crippen LogP contribution in [0.3, 0.4) is 0 Å². The summed E-state index contributed by atoms with van der Waals surface area (Å²) >= 11 is 1.69. The van der Waals surface area contributed by atoms with Gasteiger partial charge in [0.25, 0.3) is 0 Å². The van der Waals surface area contributed by atoms with E-state index in [4.69, 9.17) is 0 Å². The molecule has 3 aliphatic carbocycles. The van der Waals surface area contributed by atoms with Crippen LogP contribution < -0.4 is 0 Å².